The number of carbonyl (C=O) groups is 2. The molecule has 0 spiro atoms. The Morgan fingerprint density at radius 2 is 1.82 bits per heavy atom. The van der Waals surface area contributed by atoms with Crippen LogP contribution in [0, 0.1) is 10.1 Å². The van der Waals surface area contributed by atoms with Crippen molar-refractivity contribution in [2.24, 2.45) is 0 Å². The minimum Gasteiger partial charge on any atom is -0.423 e. The zero-order chi connectivity index (χ0) is 16.1. The number of hydrogen-bond donors (Lipinski definition) is 1. The number of anilines is 1. The summed E-state index contributed by atoms with van der Waals surface area (Å²) in [4.78, 5) is 32.9. The number of hydrogen-bond acceptors (Lipinski definition) is 5. The minimum absolute atomic E-state index is 0.0881. The summed E-state index contributed by atoms with van der Waals surface area (Å²) in [5, 5.41) is 13.2. The van der Waals surface area contributed by atoms with Crippen LogP contribution in [0.5, 0.6) is 5.75 Å². The van der Waals surface area contributed by atoms with Gasteiger partial charge in [-0.25, -0.2) is 4.79 Å². The summed E-state index contributed by atoms with van der Waals surface area (Å²) in [6, 6.07) is 11.5. The van der Waals surface area contributed by atoms with Crippen LogP contribution < -0.4 is 10.1 Å². The predicted octanol–water partition coefficient (Wildman–Crippen LogP) is 2.77. The molecule has 22 heavy (non-hydrogen) atoms. The second-order valence-electron chi connectivity index (χ2n) is 4.40. The lowest BCUT2D eigenvalue weighted by Crippen LogP contribution is -2.09. The Morgan fingerprint density at radius 3 is 2.41 bits per heavy atom. The quantitative estimate of drug-likeness (QED) is 0.405. The molecule has 0 aliphatic heterocycles. The first-order valence-corrected chi connectivity index (χ1v) is 6.30. The van der Waals surface area contributed by atoms with Gasteiger partial charge in [-0.3, -0.25) is 14.9 Å². The van der Waals surface area contributed by atoms with E-state index in [-0.39, 0.29) is 22.9 Å². The molecule has 0 unspecified atom stereocenters. The molecule has 7 heteroatoms. The molecule has 0 aromatic heterocycles. The summed E-state index contributed by atoms with van der Waals surface area (Å²) in [6.45, 7) is 1.38. The van der Waals surface area contributed by atoms with Crippen molar-refractivity contribution in [1.29, 1.82) is 0 Å². The molecule has 0 bridgehead atoms. The molecule has 0 saturated heterocycles. The molecular weight excluding hydrogens is 288 g/mol. The zero-order valence-electron chi connectivity index (χ0n) is 11.6. The first kappa shape index (κ1) is 15.2. The number of esters is 1. The Bertz CT molecular complexity index is 725. The molecule has 1 N–H and O–H groups in total. The highest BCUT2D eigenvalue weighted by molar-refractivity contribution is 5.93. The number of ether oxygens (including phenoxy) is 1. The van der Waals surface area contributed by atoms with Crippen LogP contribution in [-0.2, 0) is 4.79 Å². The molecule has 2 aromatic rings. The number of nitro benzene ring substituents is 1. The van der Waals surface area contributed by atoms with E-state index in [2.05, 4.69) is 5.32 Å². The van der Waals surface area contributed by atoms with E-state index in [1.807, 2.05) is 0 Å². The molecule has 0 radical (unpaired) electrons. The van der Waals surface area contributed by atoms with Gasteiger partial charge in [0.2, 0.25) is 5.91 Å². The predicted molar refractivity (Wildman–Crippen MR) is 78.8 cm³/mol. The van der Waals surface area contributed by atoms with Crippen molar-refractivity contribution in [3.63, 3.8) is 0 Å². The van der Waals surface area contributed by atoms with Crippen molar-refractivity contribution in [2.75, 3.05) is 5.32 Å². The van der Waals surface area contributed by atoms with Gasteiger partial charge in [0.15, 0.2) is 0 Å². The smallest absolute Gasteiger partial charge is 0.343 e. The molecule has 0 heterocycles. The van der Waals surface area contributed by atoms with E-state index in [9.17, 15) is 19.7 Å². The number of nitrogens with one attached hydrogen (secondary N) is 1. The van der Waals surface area contributed by atoms with E-state index in [0.717, 1.165) is 0 Å². The Hall–Kier alpha value is -3.22. The van der Waals surface area contributed by atoms with Gasteiger partial charge in [0, 0.05) is 18.7 Å². The van der Waals surface area contributed by atoms with E-state index in [1.54, 1.807) is 12.1 Å². The highest BCUT2D eigenvalue weighted by Crippen LogP contribution is 2.20. The van der Waals surface area contributed by atoms with Crippen LogP contribution in [0.25, 0.3) is 0 Å². The third-order valence-corrected chi connectivity index (χ3v) is 2.68. The lowest BCUT2D eigenvalue weighted by molar-refractivity contribution is -0.384. The Balaban J connectivity index is 2.10. The SMILES string of the molecule is CC(=O)Nc1ccc(C(=O)Oc2cccc([N+](=O)[O-])c2)cc1. The molecule has 0 aliphatic carbocycles. The first-order valence-electron chi connectivity index (χ1n) is 6.30. The Morgan fingerprint density at radius 1 is 1.14 bits per heavy atom. The molecule has 0 atom stereocenters. The largest absolute Gasteiger partial charge is 0.423 e. The normalized spacial score (nSPS) is 9.86. The molecule has 0 fully saturated rings. The van der Waals surface area contributed by atoms with Crippen LogP contribution in [0.15, 0.2) is 48.5 Å². The fourth-order valence-electron chi connectivity index (χ4n) is 1.72. The molecule has 2 aromatic carbocycles. The van der Waals surface area contributed by atoms with E-state index in [1.165, 1.54) is 43.3 Å². The van der Waals surface area contributed by atoms with Crippen LogP contribution in [0.2, 0.25) is 0 Å². The molecule has 0 saturated carbocycles. The summed E-state index contributed by atoms with van der Waals surface area (Å²) >= 11 is 0. The summed E-state index contributed by atoms with van der Waals surface area (Å²) in [5.74, 6) is -0.771. The standard InChI is InChI=1S/C15H12N2O5/c1-10(18)16-12-7-5-11(6-8-12)15(19)22-14-4-2-3-13(9-14)17(20)21/h2-9H,1H3,(H,16,18). The topological polar surface area (TPSA) is 98.5 Å². The third kappa shape index (κ3) is 3.89. The van der Waals surface area contributed by atoms with Crippen LogP contribution in [0.1, 0.15) is 17.3 Å². The third-order valence-electron chi connectivity index (χ3n) is 2.68. The second-order valence-corrected chi connectivity index (χ2v) is 4.40. The van der Waals surface area contributed by atoms with Gasteiger partial charge in [0.25, 0.3) is 5.69 Å². The van der Waals surface area contributed by atoms with Gasteiger partial charge in [0.05, 0.1) is 16.6 Å². The highest BCUT2D eigenvalue weighted by Gasteiger charge is 2.12. The lowest BCUT2D eigenvalue weighted by atomic mass is 10.2. The molecule has 0 aliphatic rings. The molecule has 2 rings (SSSR count). The maximum absolute atomic E-state index is 11.9. The monoisotopic (exact) mass is 300 g/mol. The van der Waals surface area contributed by atoms with Gasteiger partial charge in [-0.15, -0.1) is 0 Å². The van der Waals surface area contributed by atoms with Gasteiger partial charge in [-0.1, -0.05) is 6.07 Å². The number of non-ortho nitro benzene ring substituents is 1. The summed E-state index contributed by atoms with van der Waals surface area (Å²) in [5.41, 5.74) is 0.659. The lowest BCUT2D eigenvalue weighted by Gasteiger charge is -2.05. The fraction of sp³-hybridized carbons (Fsp3) is 0.0667. The van der Waals surface area contributed by atoms with Crippen molar-refractivity contribution in [3.8, 4) is 5.75 Å². The zero-order valence-corrected chi connectivity index (χ0v) is 11.6. The number of rotatable bonds is 4. The molecular formula is C15H12N2O5. The van der Waals surface area contributed by atoms with Crippen LogP contribution >= 0.6 is 0 Å². The van der Waals surface area contributed by atoms with Gasteiger partial charge in [0.1, 0.15) is 5.75 Å². The summed E-state index contributed by atoms with van der Waals surface area (Å²) < 4.78 is 5.08. The maximum atomic E-state index is 11.9. The average Bonchev–Trinajstić information content (AvgIpc) is 2.47. The fourth-order valence-corrected chi connectivity index (χ4v) is 1.72. The molecule has 1 amide bonds. The van der Waals surface area contributed by atoms with E-state index in [4.69, 9.17) is 4.74 Å². The second kappa shape index (κ2) is 6.49. The number of carbonyl (C=O) groups excluding carboxylic acids is 2. The molecule has 7 nitrogen and oxygen atoms in total. The number of nitro groups is 1. The van der Waals surface area contributed by atoms with E-state index >= 15 is 0 Å². The Kier molecular flexibility index (Phi) is 4.47. The van der Waals surface area contributed by atoms with Gasteiger partial charge in [-0.2, -0.15) is 0 Å². The van der Waals surface area contributed by atoms with Crippen molar-refractivity contribution in [3.05, 3.63) is 64.2 Å². The van der Waals surface area contributed by atoms with Crippen LogP contribution in [0.4, 0.5) is 11.4 Å². The summed E-state index contributed by atoms with van der Waals surface area (Å²) in [6.07, 6.45) is 0. The van der Waals surface area contributed by atoms with Gasteiger partial charge >= 0.3 is 5.97 Å². The van der Waals surface area contributed by atoms with Crippen LogP contribution in [-0.4, -0.2) is 16.8 Å². The van der Waals surface area contributed by atoms with Gasteiger partial charge < -0.3 is 10.1 Å². The van der Waals surface area contributed by atoms with Crippen molar-refractivity contribution < 1.29 is 19.2 Å². The maximum Gasteiger partial charge on any atom is 0.343 e. The minimum atomic E-state index is -0.644. The van der Waals surface area contributed by atoms with Crippen molar-refractivity contribution in [1.82, 2.24) is 0 Å². The Labute approximate surface area is 125 Å². The number of benzene rings is 2. The van der Waals surface area contributed by atoms with Crippen LogP contribution in [0.3, 0.4) is 0 Å². The summed E-state index contributed by atoms with van der Waals surface area (Å²) in [7, 11) is 0. The average molecular weight is 300 g/mol. The number of nitrogens with zero attached hydrogens (tertiary/aromatic N) is 1. The molecule has 112 valence electrons. The van der Waals surface area contributed by atoms with Gasteiger partial charge in [-0.05, 0) is 30.3 Å². The van der Waals surface area contributed by atoms with Crippen molar-refractivity contribution in [2.45, 2.75) is 6.92 Å². The van der Waals surface area contributed by atoms with E-state index < -0.39 is 10.9 Å². The van der Waals surface area contributed by atoms with E-state index in [0.29, 0.717) is 5.69 Å². The van der Waals surface area contributed by atoms with Crippen molar-refractivity contribution >= 4 is 23.3 Å². The highest BCUT2D eigenvalue weighted by atomic mass is 16.6. The first-order chi connectivity index (χ1) is 10.5. The number of amides is 1.